The van der Waals surface area contributed by atoms with Crippen LogP contribution in [0.15, 0.2) is 72.8 Å². The minimum Gasteiger partial charge on any atom is -0.430 e. The summed E-state index contributed by atoms with van der Waals surface area (Å²) in [7, 11) is -1.87. The van der Waals surface area contributed by atoms with Crippen LogP contribution in [0, 0.1) is 0 Å². The molecule has 0 fully saturated rings. The SMILES string of the molecule is O[Si@@H](Cc1ccc2ccccc2c1)c1ccccc1. The Morgan fingerprint density at radius 1 is 0.737 bits per heavy atom. The van der Waals surface area contributed by atoms with Crippen molar-refractivity contribution >= 4 is 25.0 Å². The summed E-state index contributed by atoms with van der Waals surface area (Å²) in [6, 6.07) is 25.6. The standard InChI is InChI=1S/C17H16OSi/c18-19(17-8-2-1-3-9-17)13-14-10-11-15-6-4-5-7-16(15)12-14/h1-12,18-19H,13H2/t19-/m0/s1. The lowest BCUT2D eigenvalue weighted by molar-refractivity contribution is 0.584. The maximum absolute atomic E-state index is 10.4. The second-order valence-corrected chi connectivity index (χ2v) is 6.92. The Morgan fingerprint density at radius 3 is 2.21 bits per heavy atom. The summed E-state index contributed by atoms with van der Waals surface area (Å²) >= 11 is 0. The molecule has 0 saturated heterocycles. The predicted octanol–water partition coefficient (Wildman–Crippen LogP) is 2.54. The van der Waals surface area contributed by atoms with Gasteiger partial charge >= 0.3 is 0 Å². The molecular formula is C17H16OSi. The van der Waals surface area contributed by atoms with Gasteiger partial charge in [0.15, 0.2) is 0 Å². The van der Waals surface area contributed by atoms with Crippen molar-refractivity contribution in [1.29, 1.82) is 0 Å². The van der Waals surface area contributed by atoms with Crippen LogP contribution in [0.5, 0.6) is 0 Å². The van der Waals surface area contributed by atoms with Crippen LogP contribution in [-0.2, 0) is 6.04 Å². The van der Waals surface area contributed by atoms with E-state index in [0.717, 1.165) is 11.2 Å². The Kier molecular flexibility index (Phi) is 3.44. The van der Waals surface area contributed by atoms with E-state index in [0.29, 0.717) is 0 Å². The van der Waals surface area contributed by atoms with Crippen LogP contribution in [0.25, 0.3) is 10.8 Å². The molecule has 1 atom stereocenters. The molecular weight excluding hydrogens is 248 g/mol. The molecule has 0 spiro atoms. The van der Waals surface area contributed by atoms with E-state index in [1.54, 1.807) is 0 Å². The van der Waals surface area contributed by atoms with Gasteiger partial charge in [0, 0.05) is 0 Å². The zero-order valence-electron chi connectivity index (χ0n) is 10.7. The Hall–Kier alpha value is -1.90. The molecule has 0 bridgehead atoms. The van der Waals surface area contributed by atoms with Gasteiger partial charge in [-0.05, 0) is 27.6 Å². The molecule has 0 aliphatic carbocycles. The van der Waals surface area contributed by atoms with Crippen LogP contribution >= 0.6 is 0 Å². The molecule has 0 heterocycles. The molecule has 0 unspecified atom stereocenters. The van der Waals surface area contributed by atoms with E-state index in [9.17, 15) is 4.80 Å². The highest BCUT2D eigenvalue weighted by atomic mass is 28.3. The molecule has 0 aromatic heterocycles. The van der Waals surface area contributed by atoms with Crippen LogP contribution in [-0.4, -0.2) is 13.8 Å². The van der Waals surface area contributed by atoms with Crippen molar-refractivity contribution in [3.8, 4) is 0 Å². The Balaban J connectivity index is 1.85. The first kappa shape index (κ1) is 12.1. The van der Waals surface area contributed by atoms with Crippen LogP contribution in [0.2, 0.25) is 0 Å². The minimum absolute atomic E-state index is 0.787. The molecule has 2 heteroatoms. The van der Waals surface area contributed by atoms with Gasteiger partial charge in [-0.1, -0.05) is 72.8 Å². The van der Waals surface area contributed by atoms with E-state index in [-0.39, 0.29) is 0 Å². The van der Waals surface area contributed by atoms with Gasteiger partial charge in [0.1, 0.15) is 0 Å². The predicted molar refractivity (Wildman–Crippen MR) is 83.1 cm³/mol. The summed E-state index contributed by atoms with van der Waals surface area (Å²) in [5.41, 5.74) is 1.22. The Bertz CT molecular complexity index is 679. The second-order valence-electron chi connectivity index (χ2n) is 4.81. The van der Waals surface area contributed by atoms with E-state index >= 15 is 0 Å². The highest BCUT2D eigenvalue weighted by Gasteiger charge is 2.10. The van der Waals surface area contributed by atoms with E-state index in [1.807, 2.05) is 30.3 Å². The number of benzene rings is 3. The van der Waals surface area contributed by atoms with Gasteiger partial charge in [-0.25, -0.2) is 0 Å². The van der Waals surface area contributed by atoms with Crippen molar-refractivity contribution in [1.82, 2.24) is 0 Å². The fraction of sp³-hybridized carbons (Fsp3) is 0.0588. The van der Waals surface area contributed by atoms with Crippen molar-refractivity contribution in [2.45, 2.75) is 6.04 Å². The molecule has 0 aliphatic heterocycles. The van der Waals surface area contributed by atoms with Crippen molar-refractivity contribution in [3.63, 3.8) is 0 Å². The lowest BCUT2D eigenvalue weighted by atomic mass is 10.1. The molecule has 1 N–H and O–H groups in total. The minimum atomic E-state index is -1.87. The van der Waals surface area contributed by atoms with Gasteiger partial charge in [-0.3, -0.25) is 0 Å². The van der Waals surface area contributed by atoms with Gasteiger partial charge < -0.3 is 4.80 Å². The molecule has 94 valence electrons. The van der Waals surface area contributed by atoms with Crippen molar-refractivity contribution in [3.05, 3.63) is 78.4 Å². The molecule has 0 amide bonds. The lowest BCUT2D eigenvalue weighted by Crippen LogP contribution is -2.32. The zero-order chi connectivity index (χ0) is 13.1. The fourth-order valence-corrected chi connectivity index (χ4v) is 3.98. The average molecular weight is 264 g/mol. The largest absolute Gasteiger partial charge is 0.430 e. The number of rotatable bonds is 3. The van der Waals surface area contributed by atoms with Crippen LogP contribution in [0.3, 0.4) is 0 Å². The molecule has 19 heavy (non-hydrogen) atoms. The summed E-state index contributed by atoms with van der Waals surface area (Å²) in [6.07, 6.45) is 0. The van der Waals surface area contributed by atoms with Crippen LogP contribution < -0.4 is 5.19 Å². The average Bonchev–Trinajstić information content (AvgIpc) is 2.48. The topological polar surface area (TPSA) is 20.2 Å². The Labute approximate surface area is 114 Å². The fourth-order valence-electron chi connectivity index (χ4n) is 2.38. The third-order valence-electron chi connectivity index (χ3n) is 3.43. The van der Waals surface area contributed by atoms with Gasteiger partial charge in [0.25, 0.3) is 0 Å². The molecule has 0 aliphatic rings. The van der Waals surface area contributed by atoms with E-state index < -0.39 is 9.04 Å². The Morgan fingerprint density at radius 2 is 1.42 bits per heavy atom. The third kappa shape index (κ3) is 2.75. The third-order valence-corrected chi connectivity index (χ3v) is 5.44. The summed E-state index contributed by atoms with van der Waals surface area (Å²) in [5.74, 6) is 0. The van der Waals surface area contributed by atoms with Crippen molar-refractivity contribution < 1.29 is 4.80 Å². The smallest absolute Gasteiger partial charge is 0.208 e. The quantitative estimate of drug-likeness (QED) is 0.721. The summed E-state index contributed by atoms with van der Waals surface area (Å²) in [4.78, 5) is 10.4. The molecule has 1 nitrogen and oxygen atoms in total. The monoisotopic (exact) mass is 264 g/mol. The van der Waals surface area contributed by atoms with E-state index in [2.05, 4.69) is 42.5 Å². The zero-order valence-corrected chi connectivity index (χ0v) is 11.8. The van der Waals surface area contributed by atoms with E-state index in [4.69, 9.17) is 0 Å². The first-order valence-corrected chi connectivity index (χ1v) is 8.44. The highest BCUT2D eigenvalue weighted by Crippen LogP contribution is 2.16. The van der Waals surface area contributed by atoms with Crippen molar-refractivity contribution in [2.24, 2.45) is 0 Å². The molecule has 3 aromatic carbocycles. The number of fused-ring (bicyclic) bond motifs is 1. The maximum atomic E-state index is 10.4. The van der Waals surface area contributed by atoms with Gasteiger partial charge in [0.2, 0.25) is 9.04 Å². The van der Waals surface area contributed by atoms with Crippen LogP contribution in [0.4, 0.5) is 0 Å². The molecule has 3 aromatic rings. The normalized spacial score (nSPS) is 12.5. The summed E-state index contributed by atoms with van der Waals surface area (Å²) < 4.78 is 0. The highest BCUT2D eigenvalue weighted by molar-refractivity contribution is 6.65. The van der Waals surface area contributed by atoms with Crippen LogP contribution in [0.1, 0.15) is 5.56 Å². The van der Waals surface area contributed by atoms with Gasteiger partial charge in [-0.15, -0.1) is 0 Å². The second kappa shape index (κ2) is 5.39. The molecule has 3 rings (SSSR count). The van der Waals surface area contributed by atoms with Gasteiger partial charge in [0.05, 0.1) is 0 Å². The first-order valence-electron chi connectivity index (χ1n) is 6.53. The van der Waals surface area contributed by atoms with Crippen molar-refractivity contribution in [2.75, 3.05) is 0 Å². The van der Waals surface area contributed by atoms with E-state index in [1.165, 1.54) is 16.3 Å². The molecule has 0 radical (unpaired) electrons. The number of hydrogen-bond donors (Lipinski definition) is 1. The van der Waals surface area contributed by atoms with Gasteiger partial charge in [-0.2, -0.15) is 0 Å². The first-order chi connectivity index (χ1) is 9.33. The lowest BCUT2D eigenvalue weighted by Gasteiger charge is -2.09. The summed E-state index contributed by atoms with van der Waals surface area (Å²) in [6.45, 7) is 0. The maximum Gasteiger partial charge on any atom is 0.208 e. The number of hydrogen-bond acceptors (Lipinski definition) is 1. The molecule has 0 saturated carbocycles. The summed E-state index contributed by atoms with van der Waals surface area (Å²) in [5, 5.41) is 3.60.